The lowest BCUT2D eigenvalue weighted by molar-refractivity contribution is 1.25. The van der Waals surface area contributed by atoms with Crippen LogP contribution in [0.5, 0.6) is 0 Å². The molecule has 1 nitrogen and oxygen atoms in total. The monoisotopic (exact) mass is 201 g/mol. The fourth-order valence-corrected chi connectivity index (χ4v) is 1.06. The Kier molecular flexibility index (Phi) is 4.55. The quantitative estimate of drug-likeness (QED) is 0.507. The normalized spacial score (nSPS) is 7.86. The summed E-state index contributed by atoms with van der Waals surface area (Å²) in [7, 11) is 1.92. The van der Waals surface area contributed by atoms with Crippen LogP contribution in [0, 0.1) is 23.1 Å². The van der Waals surface area contributed by atoms with E-state index < -0.39 is 0 Å². The molecule has 0 aliphatic rings. The molecule has 0 radical (unpaired) electrons. The molecular formula is C12H11NS. The van der Waals surface area contributed by atoms with E-state index in [4.69, 9.17) is 0 Å². The van der Waals surface area contributed by atoms with Gasteiger partial charge in [0.1, 0.15) is 0 Å². The Morgan fingerprint density at radius 1 is 1.14 bits per heavy atom. The average Bonchev–Trinajstić information content (AvgIpc) is 2.25. The molecule has 0 atom stereocenters. The van der Waals surface area contributed by atoms with Crippen LogP contribution >= 0.6 is 11.8 Å². The van der Waals surface area contributed by atoms with Gasteiger partial charge in [0.05, 0.1) is 0 Å². The van der Waals surface area contributed by atoms with Crippen molar-refractivity contribution in [1.29, 1.82) is 0 Å². The lowest BCUT2D eigenvalue weighted by Gasteiger charge is -2.09. The van der Waals surface area contributed by atoms with Crippen molar-refractivity contribution < 1.29 is 0 Å². The maximum atomic E-state index is 2.93. The highest BCUT2D eigenvalue weighted by molar-refractivity contribution is 8.03. The molecule has 0 saturated heterocycles. The molecule has 0 fully saturated rings. The van der Waals surface area contributed by atoms with Crippen LogP contribution < -0.4 is 4.90 Å². The first-order chi connectivity index (χ1) is 6.84. The second-order valence-corrected chi connectivity index (χ2v) is 3.17. The molecule has 0 aliphatic carbocycles. The molecule has 0 saturated carbocycles. The molecule has 1 aromatic carbocycles. The molecule has 0 heterocycles. The van der Waals surface area contributed by atoms with Crippen molar-refractivity contribution in [3.8, 4) is 23.1 Å². The fourth-order valence-electron chi connectivity index (χ4n) is 0.905. The van der Waals surface area contributed by atoms with Crippen LogP contribution in [0.1, 0.15) is 0 Å². The Bertz CT molecular complexity index is 389. The van der Waals surface area contributed by atoms with Gasteiger partial charge in [0, 0.05) is 24.7 Å². The molecule has 1 aromatic rings. The topological polar surface area (TPSA) is 3.24 Å². The number of nitrogens with zero attached hydrogens (tertiary/aromatic N) is 1. The zero-order chi connectivity index (χ0) is 10.2. The highest BCUT2D eigenvalue weighted by atomic mass is 32.2. The van der Waals surface area contributed by atoms with Crippen LogP contribution in [0.25, 0.3) is 0 Å². The summed E-state index contributed by atoms with van der Waals surface area (Å²) >= 11 is 1.47. The average molecular weight is 201 g/mol. The zero-order valence-electron chi connectivity index (χ0n) is 8.24. The number of para-hydroxylation sites is 1. The predicted molar refractivity (Wildman–Crippen MR) is 63.9 cm³/mol. The van der Waals surface area contributed by atoms with Crippen molar-refractivity contribution in [3.63, 3.8) is 0 Å². The number of benzene rings is 1. The van der Waals surface area contributed by atoms with Crippen molar-refractivity contribution in [2.24, 2.45) is 0 Å². The smallest absolute Gasteiger partial charge is 0.0486 e. The van der Waals surface area contributed by atoms with Crippen LogP contribution in [0.2, 0.25) is 0 Å². The van der Waals surface area contributed by atoms with Crippen LogP contribution in [-0.4, -0.2) is 13.3 Å². The summed E-state index contributed by atoms with van der Waals surface area (Å²) in [5, 5.41) is 2.82. The molecular weight excluding hydrogens is 190 g/mol. The Balaban J connectivity index is 2.66. The molecule has 0 N–H and O–H groups in total. The standard InChI is InChI=1S/C12H11NS/c1-13(10-6-7-11-14-2)12-8-4-3-5-9-12/h3-5,8-9H,1-2H3. The molecule has 0 unspecified atom stereocenters. The third-order valence-corrected chi connectivity index (χ3v) is 1.89. The Morgan fingerprint density at radius 3 is 2.50 bits per heavy atom. The molecule has 1 rings (SSSR count). The summed E-state index contributed by atoms with van der Waals surface area (Å²) in [6.45, 7) is 0. The highest BCUT2D eigenvalue weighted by Crippen LogP contribution is 2.08. The van der Waals surface area contributed by atoms with Crippen LogP contribution in [0.15, 0.2) is 30.3 Å². The van der Waals surface area contributed by atoms with Gasteiger partial charge >= 0.3 is 0 Å². The van der Waals surface area contributed by atoms with Gasteiger partial charge in [-0.3, -0.25) is 0 Å². The van der Waals surface area contributed by atoms with E-state index in [-0.39, 0.29) is 0 Å². The summed E-state index contributed by atoms with van der Waals surface area (Å²) in [4.78, 5) is 1.86. The fraction of sp³-hybridized carbons (Fsp3) is 0.167. The second-order valence-electron chi connectivity index (χ2n) is 2.56. The third kappa shape index (κ3) is 3.47. The van der Waals surface area contributed by atoms with Gasteiger partial charge in [-0.15, -0.1) is 0 Å². The first kappa shape index (κ1) is 10.6. The van der Waals surface area contributed by atoms with E-state index in [1.807, 2.05) is 48.5 Å². The second kappa shape index (κ2) is 6.02. The van der Waals surface area contributed by atoms with Gasteiger partial charge in [-0.05, 0) is 29.6 Å². The van der Waals surface area contributed by atoms with Crippen molar-refractivity contribution in [2.75, 3.05) is 18.2 Å². The lowest BCUT2D eigenvalue weighted by atomic mass is 10.3. The first-order valence-electron chi connectivity index (χ1n) is 4.17. The molecule has 14 heavy (non-hydrogen) atoms. The van der Waals surface area contributed by atoms with Gasteiger partial charge < -0.3 is 4.90 Å². The Labute approximate surface area is 89.5 Å². The van der Waals surface area contributed by atoms with Gasteiger partial charge in [-0.1, -0.05) is 30.0 Å². The van der Waals surface area contributed by atoms with Crippen LogP contribution in [0.3, 0.4) is 0 Å². The maximum Gasteiger partial charge on any atom is 0.0486 e. The Morgan fingerprint density at radius 2 is 1.86 bits per heavy atom. The molecule has 0 bridgehead atoms. The number of hydrogen-bond donors (Lipinski definition) is 0. The minimum atomic E-state index is 1.07. The number of rotatable bonds is 1. The molecule has 0 amide bonds. The van der Waals surface area contributed by atoms with E-state index in [0.29, 0.717) is 0 Å². The zero-order valence-corrected chi connectivity index (χ0v) is 9.06. The SMILES string of the molecule is CSC#CC#CN(C)c1ccccc1. The summed E-state index contributed by atoms with van der Waals surface area (Å²) in [5.74, 6) is 5.52. The van der Waals surface area contributed by atoms with Crippen LogP contribution in [-0.2, 0) is 0 Å². The highest BCUT2D eigenvalue weighted by Gasteiger charge is 1.92. The van der Waals surface area contributed by atoms with Gasteiger partial charge in [-0.25, -0.2) is 0 Å². The minimum absolute atomic E-state index is 1.07. The largest absolute Gasteiger partial charge is 0.304 e. The van der Waals surface area contributed by atoms with Crippen LogP contribution in [0.4, 0.5) is 5.69 Å². The first-order valence-corrected chi connectivity index (χ1v) is 5.39. The summed E-state index contributed by atoms with van der Waals surface area (Å²) < 4.78 is 0. The minimum Gasteiger partial charge on any atom is -0.304 e. The van der Waals surface area contributed by atoms with Crippen molar-refractivity contribution in [3.05, 3.63) is 30.3 Å². The molecule has 0 aliphatic heterocycles. The number of hydrogen-bond acceptors (Lipinski definition) is 2. The summed E-state index contributed by atoms with van der Waals surface area (Å²) in [5.41, 5.74) is 1.07. The van der Waals surface area contributed by atoms with Crippen molar-refractivity contribution >= 4 is 17.4 Å². The Hall–Kier alpha value is -1.51. The van der Waals surface area contributed by atoms with Gasteiger partial charge in [-0.2, -0.15) is 0 Å². The predicted octanol–water partition coefficient (Wildman–Crippen LogP) is 2.41. The van der Waals surface area contributed by atoms with Gasteiger partial charge in [0.2, 0.25) is 0 Å². The number of anilines is 1. The van der Waals surface area contributed by atoms with Crippen molar-refractivity contribution in [1.82, 2.24) is 0 Å². The lowest BCUT2D eigenvalue weighted by Crippen LogP contribution is -2.07. The van der Waals surface area contributed by atoms with E-state index >= 15 is 0 Å². The third-order valence-electron chi connectivity index (χ3n) is 1.58. The van der Waals surface area contributed by atoms with E-state index in [2.05, 4.69) is 23.1 Å². The molecule has 2 heteroatoms. The van der Waals surface area contributed by atoms with E-state index in [1.54, 1.807) is 0 Å². The molecule has 70 valence electrons. The molecule has 0 spiro atoms. The van der Waals surface area contributed by atoms with E-state index in [1.165, 1.54) is 11.8 Å². The molecule has 0 aromatic heterocycles. The summed E-state index contributed by atoms with van der Waals surface area (Å²) in [6.07, 6.45) is 1.93. The number of thioether (sulfide) groups is 1. The van der Waals surface area contributed by atoms with Crippen molar-refractivity contribution in [2.45, 2.75) is 0 Å². The van der Waals surface area contributed by atoms with E-state index in [9.17, 15) is 0 Å². The van der Waals surface area contributed by atoms with Gasteiger partial charge in [0.25, 0.3) is 0 Å². The maximum absolute atomic E-state index is 2.93. The summed E-state index contributed by atoms with van der Waals surface area (Å²) in [6, 6.07) is 12.9. The van der Waals surface area contributed by atoms with E-state index in [0.717, 1.165) is 5.69 Å². The van der Waals surface area contributed by atoms with Gasteiger partial charge in [0.15, 0.2) is 0 Å².